The first-order chi connectivity index (χ1) is 8.79. The largest absolute Gasteiger partial charge is 0.338 e. The summed E-state index contributed by atoms with van der Waals surface area (Å²) < 4.78 is 2.04. The Morgan fingerprint density at radius 3 is 2.94 bits per heavy atom. The third kappa shape index (κ3) is 3.38. The summed E-state index contributed by atoms with van der Waals surface area (Å²) in [4.78, 5) is 8.42. The fourth-order valence-corrected chi connectivity index (χ4v) is 1.99. The quantitative estimate of drug-likeness (QED) is 0.584. The van der Waals surface area contributed by atoms with Gasteiger partial charge in [-0.2, -0.15) is 0 Å². The van der Waals surface area contributed by atoms with Crippen LogP contribution in [0.4, 0.5) is 0 Å². The fraction of sp³-hybridized carbons (Fsp3) is 0.385. The fourth-order valence-electron chi connectivity index (χ4n) is 1.99. The molecule has 0 spiro atoms. The average Bonchev–Trinajstić information content (AvgIpc) is 2.81. The van der Waals surface area contributed by atoms with E-state index in [0.717, 1.165) is 25.1 Å². The zero-order chi connectivity index (χ0) is 12.8. The molecule has 1 atom stereocenters. The van der Waals surface area contributed by atoms with Gasteiger partial charge in [0.2, 0.25) is 0 Å². The molecule has 0 aromatic carbocycles. The summed E-state index contributed by atoms with van der Waals surface area (Å²) in [6.07, 6.45) is 10.2. The number of hydrazine groups is 1. The van der Waals surface area contributed by atoms with Crippen molar-refractivity contribution in [2.24, 2.45) is 12.9 Å². The SMILES string of the molecule is Cn1ccnc1CCC(Cc1cccnc1)NN. The van der Waals surface area contributed by atoms with Gasteiger partial charge in [-0.1, -0.05) is 6.07 Å². The minimum absolute atomic E-state index is 0.242. The van der Waals surface area contributed by atoms with Gasteiger partial charge in [-0.3, -0.25) is 16.3 Å². The van der Waals surface area contributed by atoms with Crippen molar-refractivity contribution >= 4 is 0 Å². The van der Waals surface area contributed by atoms with E-state index in [1.807, 2.05) is 36.3 Å². The zero-order valence-electron chi connectivity index (χ0n) is 10.6. The van der Waals surface area contributed by atoms with E-state index < -0.39 is 0 Å². The molecule has 0 amide bonds. The molecule has 5 nitrogen and oxygen atoms in total. The lowest BCUT2D eigenvalue weighted by molar-refractivity contribution is 0.483. The second-order valence-corrected chi connectivity index (χ2v) is 4.42. The molecule has 3 N–H and O–H groups in total. The molecule has 2 rings (SSSR count). The van der Waals surface area contributed by atoms with Crippen LogP contribution in [0.3, 0.4) is 0 Å². The Morgan fingerprint density at radius 2 is 2.33 bits per heavy atom. The molecule has 1 unspecified atom stereocenters. The van der Waals surface area contributed by atoms with Crippen LogP contribution in [0.2, 0.25) is 0 Å². The molecule has 0 aliphatic rings. The molecule has 0 aliphatic heterocycles. The molecule has 0 radical (unpaired) electrons. The van der Waals surface area contributed by atoms with Crippen LogP contribution in [0.1, 0.15) is 17.8 Å². The molecule has 2 aromatic heterocycles. The van der Waals surface area contributed by atoms with E-state index in [1.165, 1.54) is 5.56 Å². The first-order valence-electron chi connectivity index (χ1n) is 6.11. The summed E-state index contributed by atoms with van der Waals surface area (Å²) in [5, 5.41) is 0. The van der Waals surface area contributed by atoms with E-state index in [-0.39, 0.29) is 6.04 Å². The normalized spacial score (nSPS) is 12.6. The van der Waals surface area contributed by atoms with E-state index in [9.17, 15) is 0 Å². The Bertz CT molecular complexity index is 465. The van der Waals surface area contributed by atoms with Crippen LogP contribution in [0.5, 0.6) is 0 Å². The molecule has 18 heavy (non-hydrogen) atoms. The van der Waals surface area contributed by atoms with Crippen LogP contribution in [0.15, 0.2) is 36.9 Å². The van der Waals surface area contributed by atoms with Gasteiger partial charge in [0, 0.05) is 44.3 Å². The van der Waals surface area contributed by atoms with Gasteiger partial charge in [0.1, 0.15) is 5.82 Å². The summed E-state index contributed by atoms with van der Waals surface area (Å²) >= 11 is 0. The summed E-state index contributed by atoms with van der Waals surface area (Å²) in [5.74, 6) is 6.69. The monoisotopic (exact) mass is 245 g/mol. The van der Waals surface area contributed by atoms with Crippen molar-refractivity contribution in [3.05, 3.63) is 48.3 Å². The number of rotatable bonds is 6. The minimum atomic E-state index is 0.242. The summed E-state index contributed by atoms with van der Waals surface area (Å²) in [6.45, 7) is 0. The Kier molecular flexibility index (Phi) is 4.44. The van der Waals surface area contributed by atoms with Crippen LogP contribution in [-0.4, -0.2) is 20.6 Å². The predicted molar refractivity (Wildman–Crippen MR) is 70.6 cm³/mol. The van der Waals surface area contributed by atoms with Crippen molar-refractivity contribution in [3.63, 3.8) is 0 Å². The topological polar surface area (TPSA) is 68.8 Å². The molecule has 0 fully saturated rings. The summed E-state index contributed by atoms with van der Waals surface area (Å²) in [7, 11) is 2.01. The molecular formula is C13H19N5. The van der Waals surface area contributed by atoms with Crippen LogP contribution < -0.4 is 11.3 Å². The predicted octanol–water partition coefficient (Wildman–Crippen LogP) is 0.822. The highest BCUT2D eigenvalue weighted by Crippen LogP contribution is 2.07. The van der Waals surface area contributed by atoms with E-state index in [1.54, 1.807) is 6.20 Å². The van der Waals surface area contributed by atoms with Gasteiger partial charge in [-0.05, 0) is 24.5 Å². The molecule has 0 saturated heterocycles. The maximum Gasteiger partial charge on any atom is 0.108 e. The smallest absolute Gasteiger partial charge is 0.108 e. The molecule has 0 saturated carbocycles. The first-order valence-corrected chi connectivity index (χ1v) is 6.11. The minimum Gasteiger partial charge on any atom is -0.338 e. The second kappa shape index (κ2) is 6.28. The highest BCUT2D eigenvalue weighted by atomic mass is 15.2. The summed E-state index contributed by atoms with van der Waals surface area (Å²) in [6, 6.07) is 4.26. The Balaban J connectivity index is 1.88. The number of nitrogens with one attached hydrogen (secondary N) is 1. The number of imidazole rings is 1. The van der Waals surface area contributed by atoms with Crippen molar-refractivity contribution in [2.75, 3.05) is 0 Å². The zero-order valence-corrected chi connectivity index (χ0v) is 10.6. The third-order valence-electron chi connectivity index (χ3n) is 3.08. The number of aryl methyl sites for hydroxylation is 2. The molecule has 0 bridgehead atoms. The van der Waals surface area contributed by atoms with Gasteiger partial charge in [0.05, 0.1) is 0 Å². The average molecular weight is 245 g/mol. The lowest BCUT2D eigenvalue weighted by Crippen LogP contribution is -2.37. The van der Waals surface area contributed by atoms with Crippen LogP contribution in [0, 0.1) is 0 Å². The Morgan fingerprint density at radius 1 is 1.44 bits per heavy atom. The number of hydrogen-bond donors (Lipinski definition) is 2. The standard InChI is InChI=1S/C13H19N5/c1-18-8-7-16-13(18)5-4-12(17-14)9-11-3-2-6-15-10-11/h2-3,6-8,10,12,17H,4-5,9,14H2,1H3. The number of aromatic nitrogens is 3. The van der Waals surface area contributed by atoms with Gasteiger partial charge in [-0.25, -0.2) is 4.98 Å². The highest BCUT2D eigenvalue weighted by Gasteiger charge is 2.09. The molecule has 0 aliphatic carbocycles. The van der Waals surface area contributed by atoms with Crippen molar-refractivity contribution in [2.45, 2.75) is 25.3 Å². The van der Waals surface area contributed by atoms with Gasteiger partial charge < -0.3 is 4.57 Å². The van der Waals surface area contributed by atoms with Gasteiger partial charge in [-0.15, -0.1) is 0 Å². The molecule has 2 aromatic rings. The Hall–Kier alpha value is -1.72. The molecule has 2 heterocycles. The number of hydrogen-bond acceptors (Lipinski definition) is 4. The van der Waals surface area contributed by atoms with E-state index >= 15 is 0 Å². The maximum atomic E-state index is 5.60. The number of nitrogens with two attached hydrogens (primary N) is 1. The van der Waals surface area contributed by atoms with Crippen molar-refractivity contribution in [1.82, 2.24) is 20.0 Å². The number of nitrogens with zero attached hydrogens (tertiary/aromatic N) is 3. The maximum absolute atomic E-state index is 5.60. The molecule has 96 valence electrons. The van der Waals surface area contributed by atoms with Gasteiger partial charge in [0.15, 0.2) is 0 Å². The lowest BCUT2D eigenvalue weighted by atomic mass is 10.0. The summed E-state index contributed by atoms with van der Waals surface area (Å²) in [5.41, 5.74) is 4.06. The molecule has 5 heteroatoms. The van der Waals surface area contributed by atoms with Crippen LogP contribution in [-0.2, 0) is 19.9 Å². The first kappa shape index (κ1) is 12.7. The van der Waals surface area contributed by atoms with E-state index in [0.29, 0.717) is 0 Å². The van der Waals surface area contributed by atoms with E-state index in [2.05, 4.69) is 21.5 Å². The Labute approximate surface area is 107 Å². The van der Waals surface area contributed by atoms with Crippen molar-refractivity contribution in [1.29, 1.82) is 0 Å². The third-order valence-corrected chi connectivity index (χ3v) is 3.08. The van der Waals surface area contributed by atoms with Gasteiger partial charge >= 0.3 is 0 Å². The van der Waals surface area contributed by atoms with Crippen molar-refractivity contribution in [3.8, 4) is 0 Å². The molecular weight excluding hydrogens is 226 g/mol. The second-order valence-electron chi connectivity index (χ2n) is 4.42. The lowest BCUT2D eigenvalue weighted by Gasteiger charge is -2.15. The van der Waals surface area contributed by atoms with Gasteiger partial charge in [0.25, 0.3) is 0 Å². The number of pyridine rings is 1. The van der Waals surface area contributed by atoms with Crippen LogP contribution >= 0.6 is 0 Å². The van der Waals surface area contributed by atoms with Crippen molar-refractivity contribution < 1.29 is 0 Å². The highest BCUT2D eigenvalue weighted by molar-refractivity contribution is 5.10. The van der Waals surface area contributed by atoms with E-state index in [4.69, 9.17) is 5.84 Å². The van der Waals surface area contributed by atoms with Crippen LogP contribution in [0.25, 0.3) is 0 Å².